The second-order valence-corrected chi connectivity index (χ2v) is 6.49. The minimum atomic E-state index is -0.587. The van der Waals surface area contributed by atoms with E-state index in [1.54, 1.807) is 23.1 Å². The zero-order valence-electron chi connectivity index (χ0n) is 16.0. The van der Waals surface area contributed by atoms with Crippen molar-refractivity contribution < 1.29 is 14.0 Å². The molecule has 0 fully saturated rings. The highest BCUT2D eigenvalue weighted by atomic mass is 19.1. The fourth-order valence-electron chi connectivity index (χ4n) is 2.97. The van der Waals surface area contributed by atoms with Crippen LogP contribution in [0.5, 0.6) is 0 Å². The van der Waals surface area contributed by atoms with Gasteiger partial charge in [-0.25, -0.2) is 4.39 Å². The van der Waals surface area contributed by atoms with Crippen molar-refractivity contribution >= 4 is 11.8 Å². The number of halogens is 1. The van der Waals surface area contributed by atoms with E-state index >= 15 is 0 Å². The number of hydrogen-bond donors (Lipinski definition) is 1. The van der Waals surface area contributed by atoms with Gasteiger partial charge in [-0.2, -0.15) is 0 Å². The number of amides is 2. The van der Waals surface area contributed by atoms with Crippen LogP contribution in [0.2, 0.25) is 0 Å². The minimum absolute atomic E-state index is 0.0724. The highest BCUT2D eigenvalue weighted by molar-refractivity contribution is 5.88. The normalized spacial score (nSPS) is 11.7. The lowest BCUT2D eigenvalue weighted by molar-refractivity contribution is -0.141. The second kappa shape index (κ2) is 10.5. The quantitative estimate of drug-likeness (QED) is 0.732. The summed E-state index contributed by atoms with van der Waals surface area (Å²) in [4.78, 5) is 27.2. The van der Waals surface area contributed by atoms with Crippen LogP contribution in [0, 0.1) is 5.82 Å². The third-order valence-electron chi connectivity index (χ3n) is 4.43. The Morgan fingerprint density at radius 1 is 1.04 bits per heavy atom. The number of benzene rings is 2. The molecule has 4 nitrogen and oxygen atoms in total. The minimum Gasteiger partial charge on any atom is -0.354 e. The van der Waals surface area contributed by atoms with Crippen molar-refractivity contribution in [3.05, 3.63) is 71.5 Å². The van der Waals surface area contributed by atoms with Crippen LogP contribution in [-0.4, -0.2) is 29.3 Å². The smallest absolute Gasteiger partial charge is 0.242 e. The lowest BCUT2D eigenvalue weighted by atomic mass is 10.1. The van der Waals surface area contributed by atoms with Crippen LogP contribution in [0.15, 0.2) is 54.6 Å². The van der Waals surface area contributed by atoms with Gasteiger partial charge < -0.3 is 10.2 Å². The molecular formula is C22H27FN2O2. The van der Waals surface area contributed by atoms with Crippen LogP contribution in [0.1, 0.15) is 37.8 Å². The first-order valence-electron chi connectivity index (χ1n) is 9.41. The van der Waals surface area contributed by atoms with Crippen molar-refractivity contribution in [3.63, 3.8) is 0 Å². The average molecular weight is 370 g/mol. The van der Waals surface area contributed by atoms with Gasteiger partial charge in [0.2, 0.25) is 11.8 Å². The first-order chi connectivity index (χ1) is 13.1. The van der Waals surface area contributed by atoms with Gasteiger partial charge in [-0.3, -0.25) is 9.59 Å². The molecular weight excluding hydrogens is 343 g/mol. The Morgan fingerprint density at radius 2 is 1.70 bits per heavy atom. The van der Waals surface area contributed by atoms with Gasteiger partial charge in [0.15, 0.2) is 0 Å². The molecule has 2 rings (SSSR count). The van der Waals surface area contributed by atoms with Crippen molar-refractivity contribution in [3.8, 4) is 0 Å². The molecule has 5 heteroatoms. The zero-order chi connectivity index (χ0) is 19.6. The van der Waals surface area contributed by atoms with Crippen LogP contribution in [0.25, 0.3) is 0 Å². The first-order valence-corrected chi connectivity index (χ1v) is 9.41. The van der Waals surface area contributed by atoms with E-state index < -0.39 is 11.9 Å². The monoisotopic (exact) mass is 370 g/mol. The van der Waals surface area contributed by atoms with Crippen molar-refractivity contribution in [2.24, 2.45) is 0 Å². The Balaban J connectivity index is 2.25. The molecule has 144 valence electrons. The van der Waals surface area contributed by atoms with Gasteiger partial charge in [0, 0.05) is 13.1 Å². The van der Waals surface area contributed by atoms with Crippen LogP contribution >= 0.6 is 0 Å². The molecule has 0 saturated heterocycles. The standard InChI is InChI=1S/C22H27FN2O2/c1-3-14-24-22(27)20(4-2)25(16-17-10-6-5-7-11-17)21(26)15-18-12-8-9-13-19(18)23/h5-13,20H,3-4,14-16H2,1-2H3,(H,24,27). The second-order valence-electron chi connectivity index (χ2n) is 6.49. The summed E-state index contributed by atoms with van der Waals surface area (Å²) in [7, 11) is 0. The first kappa shape index (κ1) is 20.6. The zero-order valence-corrected chi connectivity index (χ0v) is 16.0. The number of nitrogens with zero attached hydrogens (tertiary/aromatic N) is 1. The SMILES string of the molecule is CCCNC(=O)C(CC)N(Cc1ccccc1)C(=O)Cc1ccccc1F. The molecule has 2 aromatic carbocycles. The summed E-state index contributed by atoms with van der Waals surface area (Å²) in [6, 6.07) is 15.2. The van der Waals surface area contributed by atoms with E-state index in [-0.39, 0.29) is 18.2 Å². The molecule has 0 aliphatic heterocycles. The maximum absolute atomic E-state index is 14.0. The van der Waals surface area contributed by atoms with E-state index in [0.29, 0.717) is 25.1 Å². The van der Waals surface area contributed by atoms with Gasteiger partial charge in [-0.1, -0.05) is 62.4 Å². The molecule has 2 amide bonds. The van der Waals surface area contributed by atoms with Gasteiger partial charge in [0.05, 0.1) is 6.42 Å². The van der Waals surface area contributed by atoms with Gasteiger partial charge in [-0.15, -0.1) is 0 Å². The highest BCUT2D eigenvalue weighted by Crippen LogP contribution is 2.16. The molecule has 0 aliphatic rings. The van der Waals surface area contributed by atoms with Crippen LogP contribution in [0.4, 0.5) is 4.39 Å². The number of carbonyl (C=O) groups excluding carboxylic acids is 2. The molecule has 0 saturated carbocycles. The van der Waals surface area contributed by atoms with Gasteiger partial charge in [-0.05, 0) is 30.0 Å². The Morgan fingerprint density at radius 3 is 2.33 bits per heavy atom. The van der Waals surface area contributed by atoms with Gasteiger partial charge in [0.25, 0.3) is 0 Å². The van der Waals surface area contributed by atoms with Crippen molar-refractivity contribution in [1.82, 2.24) is 10.2 Å². The number of nitrogens with one attached hydrogen (secondary N) is 1. The predicted octanol–water partition coefficient (Wildman–Crippen LogP) is 3.70. The summed E-state index contributed by atoms with van der Waals surface area (Å²) in [6.07, 6.45) is 1.24. The number of hydrogen-bond acceptors (Lipinski definition) is 2. The Hall–Kier alpha value is -2.69. The Kier molecular flexibility index (Phi) is 7.99. The Labute approximate surface area is 160 Å². The number of carbonyl (C=O) groups is 2. The summed E-state index contributed by atoms with van der Waals surface area (Å²) >= 11 is 0. The van der Waals surface area contributed by atoms with Crippen LogP contribution < -0.4 is 5.32 Å². The largest absolute Gasteiger partial charge is 0.354 e. The topological polar surface area (TPSA) is 49.4 Å². The third kappa shape index (κ3) is 5.91. The maximum Gasteiger partial charge on any atom is 0.242 e. The van der Waals surface area contributed by atoms with Gasteiger partial charge in [0.1, 0.15) is 11.9 Å². The van der Waals surface area contributed by atoms with Crippen LogP contribution in [-0.2, 0) is 22.6 Å². The summed E-state index contributed by atoms with van der Waals surface area (Å²) < 4.78 is 14.0. The molecule has 1 N–H and O–H groups in total. The van der Waals surface area contributed by atoms with E-state index in [1.807, 2.05) is 44.2 Å². The Bertz CT molecular complexity index is 749. The third-order valence-corrected chi connectivity index (χ3v) is 4.43. The maximum atomic E-state index is 14.0. The fourth-order valence-corrected chi connectivity index (χ4v) is 2.97. The van der Waals surface area contributed by atoms with Gasteiger partial charge >= 0.3 is 0 Å². The van der Waals surface area contributed by atoms with E-state index in [9.17, 15) is 14.0 Å². The lowest BCUT2D eigenvalue weighted by Crippen LogP contribution is -2.49. The van der Waals surface area contributed by atoms with Crippen LogP contribution in [0.3, 0.4) is 0 Å². The number of rotatable bonds is 9. The molecule has 0 heterocycles. The molecule has 0 radical (unpaired) electrons. The molecule has 0 bridgehead atoms. The molecule has 2 aromatic rings. The highest BCUT2D eigenvalue weighted by Gasteiger charge is 2.28. The summed E-state index contributed by atoms with van der Waals surface area (Å²) in [5.74, 6) is -0.839. The summed E-state index contributed by atoms with van der Waals surface area (Å²) in [6.45, 7) is 4.74. The van der Waals surface area contributed by atoms with Crippen molar-refractivity contribution in [2.45, 2.75) is 45.7 Å². The summed E-state index contributed by atoms with van der Waals surface area (Å²) in [5.41, 5.74) is 1.27. The summed E-state index contributed by atoms with van der Waals surface area (Å²) in [5, 5.41) is 2.87. The predicted molar refractivity (Wildman–Crippen MR) is 104 cm³/mol. The van der Waals surface area contributed by atoms with Crippen molar-refractivity contribution in [2.75, 3.05) is 6.54 Å². The molecule has 27 heavy (non-hydrogen) atoms. The van der Waals surface area contributed by atoms with Crippen molar-refractivity contribution in [1.29, 1.82) is 0 Å². The molecule has 1 atom stereocenters. The molecule has 0 aromatic heterocycles. The molecule has 1 unspecified atom stereocenters. The lowest BCUT2D eigenvalue weighted by Gasteiger charge is -2.30. The van der Waals surface area contributed by atoms with E-state index in [4.69, 9.17) is 0 Å². The van der Waals surface area contributed by atoms with E-state index in [1.165, 1.54) is 6.07 Å². The molecule has 0 spiro atoms. The average Bonchev–Trinajstić information content (AvgIpc) is 2.68. The fraction of sp³-hybridized carbons (Fsp3) is 0.364. The van der Waals surface area contributed by atoms with E-state index in [2.05, 4.69) is 5.32 Å². The van der Waals surface area contributed by atoms with E-state index in [0.717, 1.165) is 12.0 Å². The molecule has 0 aliphatic carbocycles.